The van der Waals surface area contributed by atoms with Crippen LogP contribution in [0.3, 0.4) is 0 Å². The molecule has 0 aromatic heterocycles. The molecule has 9 heteroatoms. The molecule has 0 amide bonds. The summed E-state index contributed by atoms with van der Waals surface area (Å²) < 4.78 is 53.7. The summed E-state index contributed by atoms with van der Waals surface area (Å²) >= 11 is 11.9. The van der Waals surface area contributed by atoms with E-state index in [1.54, 1.807) is 0 Å². The molecule has 2 aromatic rings. The van der Waals surface area contributed by atoms with Gasteiger partial charge in [0.1, 0.15) is 16.5 Å². The molecule has 3 nitrogen and oxygen atoms in total. The van der Waals surface area contributed by atoms with Crippen molar-refractivity contribution < 1.29 is 17.2 Å². The molecule has 112 valence electrons. The Bertz CT molecular complexity index is 792. The fraction of sp³-hybridized carbons (Fsp3) is 0. The number of anilines is 1. The smallest absolute Gasteiger partial charge is 0.265 e. The van der Waals surface area contributed by atoms with E-state index in [1.165, 1.54) is 18.2 Å². The molecule has 0 aliphatic carbocycles. The monoisotopic (exact) mass is 459 g/mol. The third kappa shape index (κ3) is 3.74. The second-order valence-electron chi connectivity index (χ2n) is 3.93. The Kier molecular flexibility index (Phi) is 4.92. The van der Waals surface area contributed by atoms with Crippen LogP contribution in [-0.2, 0) is 10.0 Å². The normalized spacial score (nSPS) is 11.5. The molecule has 0 saturated carbocycles. The van der Waals surface area contributed by atoms with Crippen molar-refractivity contribution in [2.75, 3.05) is 4.72 Å². The zero-order valence-electron chi connectivity index (χ0n) is 10.0. The standard InChI is InChI=1S/C12H6Br2ClF2NO2S/c13-8-2-1-7(5-10(8)15)18-21(19,20)12-9(14)3-6(16)4-11(12)17/h1-5,18H. The van der Waals surface area contributed by atoms with Crippen LogP contribution in [0, 0.1) is 11.6 Å². The number of sulfonamides is 1. The minimum absolute atomic E-state index is 0.152. The van der Waals surface area contributed by atoms with Crippen LogP contribution in [0.1, 0.15) is 0 Å². The van der Waals surface area contributed by atoms with Gasteiger partial charge in [-0.25, -0.2) is 17.2 Å². The number of hydrogen-bond donors (Lipinski definition) is 1. The highest BCUT2D eigenvalue weighted by Gasteiger charge is 2.24. The Morgan fingerprint density at radius 3 is 2.29 bits per heavy atom. The summed E-state index contributed by atoms with van der Waals surface area (Å²) in [7, 11) is -4.23. The summed E-state index contributed by atoms with van der Waals surface area (Å²) in [6.45, 7) is 0. The van der Waals surface area contributed by atoms with Crippen molar-refractivity contribution >= 4 is 59.2 Å². The zero-order valence-corrected chi connectivity index (χ0v) is 14.7. The van der Waals surface area contributed by atoms with Crippen LogP contribution in [0.4, 0.5) is 14.5 Å². The van der Waals surface area contributed by atoms with Crippen molar-refractivity contribution in [1.82, 2.24) is 0 Å². The molecule has 0 saturated heterocycles. The summed E-state index contributed by atoms with van der Waals surface area (Å²) in [4.78, 5) is -0.678. The van der Waals surface area contributed by atoms with Gasteiger partial charge in [-0.3, -0.25) is 4.72 Å². The van der Waals surface area contributed by atoms with E-state index in [4.69, 9.17) is 11.6 Å². The van der Waals surface area contributed by atoms with Crippen molar-refractivity contribution in [3.63, 3.8) is 0 Å². The van der Waals surface area contributed by atoms with Crippen LogP contribution < -0.4 is 4.72 Å². The molecule has 0 heterocycles. The summed E-state index contributed by atoms with van der Waals surface area (Å²) in [6, 6.07) is 5.71. The lowest BCUT2D eigenvalue weighted by molar-refractivity contribution is 0.548. The zero-order chi connectivity index (χ0) is 15.8. The molecule has 0 unspecified atom stereocenters. The molecule has 0 spiro atoms. The third-order valence-electron chi connectivity index (χ3n) is 2.40. The van der Waals surface area contributed by atoms with Gasteiger partial charge >= 0.3 is 0 Å². The molecule has 0 radical (unpaired) electrons. The van der Waals surface area contributed by atoms with Crippen LogP contribution in [0.2, 0.25) is 5.02 Å². The summed E-state index contributed by atoms with van der Waals surface area (Å²) in [5.41, 5.74) is 0.152. The molecule has 0 atom stereocenters. The first kappa shape index (κ1) is 16.7. The van der Waals surface area contributed by atoms with Gasteiger partial charge in [-0.05, 0) is 56.1 Å². The second kappa shape index (κ2) is 6.20. The average Bonchev–Trinajstić information content (AvgIpc) is 2.31. The van der Waals surface area contributed by atoms with Gasteiger partial charge in [0.15, 0.2) is 0 Å². The molecule has 0 fully saturated rings. The van der Waals surface area contributed by atoms with Crippen LogP contribution in [0.25, 0.3) is 0 Å². The quantitative estimate of drug-likeness (QED) is 0.704. The maximum Gasteiger partial charge on any atom is 0.265 e. The van der Waals surface area contributed by atoms with Crippen molar-refractivity contribution in [3.05, 3.63) is 55.9 Å². The Morgan fingerprint density at radius 2 is 1.71 bits per heavy atom. The first-order chi connectivity index (χ1) is 9.70. The maximum atomic E-state index is 13.7. The predicted molar refractivity (Wildman–Crippen MR) is 84.0 cm³/mol. The van der Waals surface area contributed by atoms with Crippen LogP contribution in [0.15, 0.2) is 44.2 Å². The van der Waals surface area contributed by atoms with E-state index in [1.807, 2.05) is 0 Å². The highest BCUT2D eigenvalue weighted by atomic mass is 79.9. The van der Waals surface area contributed by atoms with Gasteiger partial charge in [-0.15, -0.1) is 0 Å². The summed E-state index contributed by atoms with van der Waals surface area (Å²) in [5, 5.41) is 0.286. The Morgan fingerprint density at radius 1 is 1.05 bits per heavy atom. The number of halogens is 5. The fourth-order valence-corrected chi connectivity index (χ4v) is 4.20. The van der Waals surface area contributed by atoms with E-state index in [-0.39, 0.29) is 15.2 Å². The molecule has 1 N–H and O–H groups in total. The number of nitrogens with one attached hydrogen (secondary N) is 1. The van der Waals surface area contributed by atoms with Gasteiger partial charge < -0.3 is 0 Å². The van der Waals surface area contributed by atoms with Crippen molar-refractivity contribution in [2.24, 2.45) is 0 Å². The molecular formula is C12H6Br2ClF2NO2S. The van der Waals surface area contributed by atoms with E-state index >= 15 is 0 Å². The number of benzene rings is 2. The van der Waals surface area contributed by atoms with E-state index < -0.39 is 26.6 Å². The molecule has 0 bridgehead atoms. The van der Waals surface area contributed by atoms with E-state index in [0.29, 0.717) is 10.5 Å². The van der Waals surface area contributed by atoms with Crippen molar-refractivity contribution in [1.29, 1.82) is 0 Å². The van der Waals surface area contributed by atoms with Crippen molar-refractivity contribution in [2.45, 2.75) is 4.90 Å². The summed E-state index contributed by atoms with van der Waals surface area (Å²) in [5.74, 6) is -2.08. The SMILES string of the molecule is O=S(=O)(Nc1ccc(Br)c(Cl)c1)c1c(F)cc(F)cc1Br. The van der Waals surface area contributed by atoms with Crippen LogP contribution in [0.5, 0.6) is 0 Å². The topological polar surface area (TPSA) is 46.2 Å². The summed E-state index contributed by atoms with van der Waals surface area (Å²) in [6.07, 6.45) is 0. The van der Waals surface area contributed by atoms with Gasteiger partial charge in [0, 0.05) is 15.0 Å². The molecule has 21 heavy (non-hydrogen) atoms. The van der Waals surface area contributed by atoms with Gasteiger partial charge in [0.05, 0.1) is 10.7 Å². The lowest BCUT2D eigenvalue weighted by atomic mass is 10.3. The minimum Gasteiger partial charge on any atom is -0.279 e. The van der Waals surface area contributed by atoms with Gasteiger partial charge in [0.25, 0.3) is 10.0 Å². The Balaban J connectivity index is 2.46. The Labute approximate surface area is 141 Å². The van der Waals surface area contributed by atoms with Gasteiger partial charge in [-0.1, -0.05) is 11.6 Å². The third-order valence-corrected chi connectivity index (χ3v) is 5.98. The first-order valence-corrected chi connectivity index (χ1v) is 8.78. The molecule has 0 aliphatic heterocycles. The lowest BCUT2D eigenvalue weighted by Crippen LogP contribution is -2.15. The lowest BCUT2D eigenvalue weighted by Gasteiger charge is -2.11. The average molecular weight is 462 g/mol. The predicted octanol–water partition coefficient (Wildman–Crippen LogP) is 4.94. The van der Waals surface area contributed by atoms with E-state index in [0.717, 1.165) is 6.07 Å². The minimum atomic E-state index is -4.23. The van der Waals surface area contributed by atoms with Crippen LogP contribution in [-0.4, -0.2) is 8.42 Å². The molecular weight excluding hydrogens is 455 g/mol. The maximum absolute atomic E-state index is 13.7. The molecule has 2 aromatic carbocycles. The van der Waals surface area contributed by atoms with Gasteiger partial charge in [0.2, 0.25) is 0 Å². The van der Waals surface area contributed by atoms with Gasteiger partial charge in [-0.2, -0.15) is 0 Å². The second-order valence-corrected chi connectivity index (χ2v) is 7.67. The van der Waals surface area contributed by atoms with E-state index in [2.05, 4.69) is 36.6 Å². The molecule has 2 rings (SSSR count). The van der Waals surface area contributed by atoms with Crippen molar-refractivity contribution in [3.8, 4) is 0 Å². The largest absolute Gasteiger partial charge is 0.279 e. The van der Waals surface area contributed by atoms with Crippen LogP contribution >= 0.6 is 43.5 Å². The fourth-order valence-electron chi connectivity index (χ4n) is 1.55. The number of hydrogen-bond acceptors (Lipinski definition) is 2. The first-order valence-electron chi connectivity index (χ1n) is 5.33. The number of rotatable bonds is 3. The Hall–Kier alpha value is -0.700. The highest BCUT2D eigenvalue weighted by Crippen LogP contribution is 2.30. The van der Waals surface area contributed by atoms with E-state index in [9.17, 15) is 17.2 Å². The molecule has 0 aliphatic rings. The highest BCUT2D eigenvalue weighted by molar-refractivity contribution is 9.10.